The number of rotatable bonds is 3. The van der Waals surface area contributed by atoms with Crippen molar-refractivity contribution in [2.24, 2.45) is 5.92 Å². The SMILES string of the molecule is O=C1N[C@H](c2cncc(C#CCC3CCCCC3)c2)[C@@H](c2cccc(F)c2)O1. The molecule has 1 aromatic carbocycles. The first-order chi connectivity index (χ1) is 13.7. The molecule has 28 heavy (non-hydrogen) atoms. The molecule has 1 amide bonds. The van der Waals surface area contributed by atoms with E-state index < -0.39 is 18.2 Å². The van der Waals surface area contributed by atoms with Crippen molar-refractivity contribution < 1.29 is 13.9 Å². The molecule has 2 heterocycles. The van der Waals surface area contributed by atoms with Gasteiger partial charge in [0, 0.05) is 24.4 Å². The first kappa shape index (κ1) is 18.5. The topological polar surface area (TPSA) is 51.2 Å². The minimum atomic E-state index is -0.601. The number of cyclic esters (lactones) is 1. The number of nitrogens with one attached hydrogen (secondary N) is 1. The quantitative estimate of drug-likeness (QED) is 0.759. The zero-order valence-electron chi connectivity index (χ0n) is 15.7. The Kier molecular flexibility index (Phi) is 5.57. The van der Waals surface area contributed by atoms with Gasteiger partial charge >= 0.3 is 6.09 Å². The van der Waals surface area contributed by atoms with Crippen LogP contribution in [0.2, 0.25) is 0 Å². The largest absolute Gasteiger partial charge is 0.439 e. The Morgan fingerprint density at radius 1 is 1.14 bits per heavy atom. The van der Waals surface area contributed by atoms with Crippen molar-refractivity contribution in [1.29, 1.82) is 0 Å². The van der Waals surface area contributed by atoms with E-state index in [4.69, 9.17) is 4.74 Å². The molecule has 4 rings (SSSR count). The zero-order valence-corrected chi connectivity index (χ0v) is 15.7. The van der Waals surface area contributed by atoms with E-state index in [1.54, 1.807) is 24.5 Å². The summed E-state index contributed by atoms with van der Waals surface area (Å²) in [6.45, 7) is 0. The molecule has 1 N–H and O–H groups in total. The molecule has 1 saturated carbocycles. The Morgan fingerprint density at radius 2 is 2.00 bits per heavy atom. The van der Waals surface area contributed by atoms with Crippen molar-refractivity contribution >= 4 is 6.09 Å². The molecule has 0 bridgehead atoms. The van der Waals surface area contributed by atoms with E-state index in [1.807, 2.05) is 6.07 Å². The Hall–Kier alpha value is -2.87. The van der Waals surface area contributed by atoms with Crippen LogP contribution in [0.3, 0.4) is 0 Å². The normalized spacial score (nSPS) is 22.1. The number of alkyl carbamates (subject to hydrolysis) is 1. The molecule has 1 aromatic heterocycles. The van der Waals surface area contributed by atoms with Gasteiger partial charge in [-0.15, -0.1) is 0 Å². The smallest absolute Gasteiger partial charge is 0.408 e. The van der Waals surface area contributed by atoms with Crippen LogP contribution in [0.4, 0.5) is 9.18 Å². The fraction of sp³-hybridized carbons (Fsp3) is 0.391. The lowest BCUT2D eigenvalue weighted by atomic mass is 9.87. The molecule has 2 fully saturated rings. The van der Waals surface area contributed by atoms with E-state index in [9.17, 15) is 9.18 Å². The Bertz CT molecular complexity index is 912. The third-order valence-corrected chi connectivity index (χ3v) is 5.45. The number of halogens is 1. The molecule has 2 aromatic rings. The van der Waals surface area contributed by atoms with Crippen molar-refractivity contribution in [3.63, 3.8) is 0 Å². The summed E-state index contributed by atoms with van der Waals surface area (Å²) in [6.07, 6.45) is 9.73. The van der Waals surface area contributed by atoms with Crippen LogP contribution in [0.5, 0.6) is 0 Å². The van der Waals surface area contributed by atoms with Crippen LogP contribution in [-0.2, 0) is 4.74 Å². The lowest BCUT2D eigenvalue weighted by Gasteiger charge is -2.18. The van der Waals surface area contributed by atoms with Crippen molar-refractivity contribution in [3.8, 4) is 11.8 Å². The van der Waals surface area contributed by atoms with Gasteiger partial charge in [-0.3, -0.25) is 4.98 Å². The van der Waals surface area contributed by atoms with Crippen molar-refractivity contribution in [2.75, 3.05) is 0 Å². The summed E-state index contributed by atoms with van der Waals surface area (Å²) < 4.78 is 19.0. The van der Waals surface area contributed by atoms with E-state index in [1.165, 1.54) is 44.2 Å². The van der Waals surface area contributed by atoms with Crippen LogP contribution in [0.15, 0.2) is 42.7 Å². The number of carbonyl (C=O) groups excluding carboxylic acids is 1. The summed E-state index contributed by atoms with van der Waals surface area (Å²) in [6, 6.07) is 7.61. The van der Waals surface area contributed by atoms with Gasteiger partial charge < -0.3 is 10.1 Å². The van der Waals surface area contributed by atoms with E-state index >= 15 is 0 Å². The van der Waals surface area contributed by atoms with Crippen LogP contribution >= 0.6 is 0 Å². The number of aromatic nitrogens is 1. The van der Waals surface area contributed by atoms with Crippen LogP contribution in [0.1, 0.15) is 67.4 Å². The maximum Gasteiger partial charge on any atom is 0.408 e. The molecule has 1 aliphatic carbocycles. The summed E-state index contributed by atoms with van der Waals surface area (Å²) in [5.74, 6) is 6.84. The molecule has 5 heteroatoms. The number of nitrogens with zero attached hydrogens (tertiary/aromatic N) is 1. The van der Waals surface area contributed by atoms with E-state index in [2.05, 4.69) is 22.1 Å². The highest BCUT2D eigenvalue weighted by Crippen LogP contribution is 2.36. The molecule has 4 nitrogen and oxygen atoms in total. The maximum atomic E-state index is 13.6. The lowest BCUT2D eigenvalue weighted by molar-refractivity contribution is 0.132. The van der Waals surface area contributed by atoms with Gasteiger partial charge in [0.15, 0.2) is 6.10 Å². The Labute approximate surface area is 164 Å². The molecule has 1 saturated heterocycles. The first-order valence-electron chi connectivity index (χ1n) is 9.85. The maximum absolute atomic E-state index is 13.6. The lowest BCUT2D eigenvalue weighted by Crippen LogP contribution is -2.19. The van der Waals surface area contributed by atoms with Crippen LogP contribution in [-0.4, -0.2) is 11.1 Å². The second kappa shape index (κ2) is 8.43. The third kappa shape index (κ3) is 4.33. The number of benzene rings is 1. The Balaban J connectivity index is 1.52. The summed E-state index contributed by atoms with van der Waals surface area (Å²) in [7, 11) is 0. The molecule has 2 aliphatic rings. The average molecular weight is 378 g/mol. The van der Waals surface area contributed by atoms with Gasteiger partial charge in [-0.25, -0.2) is 9.18 Å². The fourth-order valence-electron chi connectivity index (χ4n) is 4.01. The highest BCUT2D eigenvalue weighted by atomic mass is 19.1. The van der Waals surface area contributed by atoms with Gasteiger partial charge in [0.25, 0.3) is 0 Å². The predicted octanol–water partition coefficient (Wildman–Crippen LogP) is 5.06. The van der Waals surface area contributed by atoms with Gasteiger partial charge in [0.2, 0.25) is 0 Å². The standard InChI is InChI=1S/C23H23FN2O2/c24-20-11-5-10-18(13-20)22-21(26-23(27)28-22)19-12-17(14-25-15-19)9-4-8-16-6-2-1-3-7-16/h5,10-16,21-22H,1-3,6-8H2,(H,26,27)/t21-,22-/m1/s1. The van der Waals surface area contributed by atoms with E-state index in [0.717, 1.165) is 17.5 Å². The highest BCUT2D eigenvalue weighted by molar-refractivity contribution is 5.71. The second-order valence-corrected chi connectivity index (χ2v) is 7.52. The molecular weight excluding hydrogens is 355 g/mol. The van der Waals surface area contributed by atoms with Gasteiger partial charge in [0.1, 0.15) is 11.9 Å². The molecule has 0 spiro atoms. The number of carbonyl (C=O) groups is 1. The van der Waals surface area contributed by atoms with Crippen LogP contribution < -0.4 is 5.32 Å². The summed E-state index contributed by atoms with van der Waals surface area (Å²) >= 11 is 0. The molecule has 144 valence electrons. The molecule has 1 aliphatic heterocycles. The van der Waals surface area contributed by atoms with Gasteiger partial charge in [0.05, 0.1) is 0 Å². The summed E-state index contributed by atoms with van der Waals surface area (Å²) in [5.41, 5.74) is 2.22. The second-order valence-electron chi connectivity index (χ2n) is 7.52. The van der Waals surface area contributed by atoms with E-state index in [-0.39, 0.29) is 5.82 Å². The van der Waals surface area contributed by atoms with Crippen LogP contribution in [0, 0.1) is 23.6 Å². The van der Waals surface area contributed by atoms with Crippen molar-refractivity contribution in [3.05, 3.63) is 65.2 Å². The third-order valence-electron chi connectivity index (χ3n) is 5.45. The van der Waals surface area contributed by atoms with Gasteiger partial charge in [-0.2, -0.15) is 0 Å². The fourth-order valence-corrected chi connectivity index (χ4v) is 4.01. The van der Waals surface area contributed by atoms with E-state index in [0.29, 0.717) is 11.5 Å². The first-order valence-corrected chi connectivity index (χ1v) is 9.85. The Morgan fingerprint density at radius 3 is 2.82 bits per heavy atom. The average Bonchev–Trinajstić information content (AvgIpc) is 3.11. The molecule has 0 radical (unpaired) electrons. The minimum absolute atomic E-state index is 0.361. The summed E-state index contributed by atoms with van der Waals surface area (Å²) in [5, 5.41) is 2.80. The number of amides is 1. The highest BCUT2D eigenvalue weighted by Gasteiger charge is 2.36. The molecule has 2 atom stereocenters. The van der Waals surface area contributed by atoms with Crippen molar-refractivity contribution in [2.45, 2.75) is 50.7 Å². The van der Waals surface area contributed by atoms with Crippen LogP contribution in [0.25, 0.3) is 0 Å². The molecule has 0 unspecified atom stereocenters. The minimum Gasteiger partial charge on any atom is -0.439 e. The molecular formula is C23H23FN2O2. The number of pyridine rings is 1. The predicted molar refractivity (Wildman–Crippen MR) is 104 cm³/mol. The number of ether oxygens (including phenoxy) is 1. The number of hydrogen-bond donors (Lipinski definition) is 1. The van der Waals surface area contributed by atoms with Gasteiger partial charge in [-0.05, 0) is 48.1 Å². The zero-order chi connectivity index (χ0) is 19.3. The monoisotopic (exact) mass is 378 g/mol. The van der Waals surface area contributed by atoms with Crippen molar-refractivity contribution in [1.82, 2.24) is 10.3 Å². The summed E-state index contributed by atoms with van der Waals surface area (Å²) in [4.78, 5) is 16.1. The number of hydrogen-bond acceptors (Lipinski definition) is 3. The van der Waals surface area contributed by atoms with Gasteiger partial charge in [-0.1, -0.05) is 43.2 Å².